The van der Waals surface area contributed by atoms with Crippen molar-refractivity contribution in [2.45, 2.75) is 58.8 Å². The molecule has 0 bridgehead atoms. The van der Waals surface area contributed by atoms with Crippen molar-refractivity contribution in [2.24, 2.45) is 0 Å². The van der Waals surface area contributed by atoms with E-state index < -0.39 is 0 Å². The van der Waals surface area contributed by atoms with Crippen LogP contribution in [-0.2, 0) is 12.8 Å². The monoisotopic (exact) mass is 354 g/mol. The Morgan fingerprint density at radius 2 is 2.00 bits per heavy atom. The predicted molar refractivity (Wildman–Crippen MR) is 107 cm³/mol. The first-order valence-corrected chi connectivity index (χ1v) is 10.2. The van der Waals surface area contributed by atoms with E-state index in [-0.39, 0.29) is 0 Å². The molecule has 0 saturated heterocycles. The van der Waals surface area contributed by atoms with Gasteiger partial charge in [0.1, 0.15) is 17.0 Å². The minimum absolute atomic E-state index is 0.472. The van der Waals surface area contributed by atoms with E-state index in [1.54, 1.807) is 17.7 Å². The number of aromatic nitrogens is 3. The Kier molecular flexibility index (Phi) is 4.36. The molecule has 1 aliphatic carbocycles. The quantitative estimate of drug-likeness (QED) is 0.640. The van der Waals surface area contributed by atoms with E-state index in [2.05, 4.69) is 42.7 Å². The maximum absolute atomic E-state index is 5.08. The van der Waals surface area contributed by atoms with Crippen molar-refractivity contribution in [3.05, 3.63) is 23.1 Å². The van der Waals surface area contributed by atoms with Crippen LogP contribution in [0.25, 0.3) is 20.4 Å². The highest BCUT2D eigenvalue weighted by Crippen LogP contribution is 2.42. The summed E-state index contributed by atoms with van der Waals surface area (Å²) in [6.45, 7) is 7.76. The molecule has 0 radical (unpaired) electrons. The summed E-state index contributed by atoms with van der Waals surface area (Å²) >= 11 is 1.77. The second kappa shape index (κ2) is 6.52. The van der Waals surface area contributed by atoms with E-state index in [4.69, 9.17) is 4.98 Å². The summed E-state index contributed by atoms with van der Waals surface area (Å²) in [6, 6.07) is 0. The number of hydrogen-bond donors (Lipinski definition) is 0. The zero-order valence-electron chi connectivity index (χ0n) is 15.6. The molecule has 0 atom stereocenters. The van der Waals surface area contributed by atoms with Crippen molar-refractivity contribution in [1.82, 2.24) is 15.0 Å². The van der Waals surface area contributed by atoms with Crippen LogP contribution in [-0.4, -0.2) is 28.5 Å². The Hall–Kier alpha value is -1.75. The molecule has 1 aliphatic rings. The number of thiophene rings is 1. The number of rotatable bonds is 5. The third-order valence-corrected chi connectivity index (χ3v) is 6.31. The van der Waals surface area contributed by atoms with Crippen molar-refractivity contribution in [3.63, 3.8) is 0 Å². The second-order valence-corrected chi connectivity index (χ2v) is 8.39. The molecule has 0 unspecified atom stereocenters. The van der Waals surface area contributed by atoms with Gasteiger partial charge in [-0.25, -0.2) is 15.0 Å². The van der Waals surface area contributed by atoms with Crippen molar-refractivity contribution in [2.75, 3.05) is 18.5 Å². The summed E-state index contributed by atoms with van der Waals surface area (Å²) in [7, 11) is 2.14. The number of fused-ring (bicyclic) bond motifs is 5. The summed E-state index contributed by atoms with van der Waals surface area (Å²) < 4.78 is 1.19. The minimum atomic E-state index is 0.472. The average molecular weight is 355 g/mol. The lowest BCUT2D eigenvalue weighted by molar-refractivity contribution is 0.761. The molecule has 0 amide bonds. The van der Waals surface area contributed by atoms with Crippen LogP contribution in [0.3, 0.4) is 0 Å². The molecule has 132 valence electrons. The molecule has 0 N–H and O–H groups in total. The fourth-order valence-corrected chi connectivity index (χ4v) is 5.18. The molecule has 4 rings (SSSR count). The first kappa shape index (κ1) is 16.7. The SMILES string of the molecule is CCCCN(C)c1ncnc2c1sc1nc(C(C)C)c3c(c12)CCC3. The van der Waals surface area contributed by atoms with Gasteiger partial charge in [-0.2, -0.15) is 0 Å². The third kappa shape index (κ3) is 2.69. The van der Waals surface area contributed by atoms with Crippen molar-refractivity contribution in [3.8, 4) is 0 Å². The topological polar surface area (TPSA) is 41.9 Å². The van der Waals surface area contributed by atoms with E-state index in [0.717, 1.165) is 35.6 Å². The van der Waals surface area contributed by atoms with Gasteiger partial charge in [0.05, 0.1) is 10.2 Å². The van der Waals surface area contributed by atoms with Crippen LogP contribution in [0.15, 0.2) is 6.33 Å². The zero-order valence-corrected chi connectivity index (χ0v) is 16.4. The van der Waals surface area contributed by atoms with Crippen molar-refractivity contribution < 1.29 is 0 Å². The van der Waals surface area contributed by atoms with E-state index in [1.165, 1.54) is 46.2 Å². The molecule has 0 fully saturated rings. The Morgan fingerprint density at radius 1 is 1.20 bits per heavy atom. The highest BCUT2D eigenvalue weighted by molar-refractivity contribution is 7.26. The van der Waals surface area contributed by atoms with E-state index in [1.807, 2.05) is 0 Å². The molecular weight excluding hydrogens is 328 g/mol. The van der Waals surface area contributed by atoms with Gasteiger partial charge in [0.25, 0.3) is 0 Å². The van der Waals surface area contributed by atoms with Gasteiger partial charge >= 0.3 is 0 Å². The number of unbranched alkanes of at least 4 members (excludes halogenated alkanes) is 1. The van der Waals surface area contributed by atoms with E-state index in [0.29, 0.717) is 5.92 Å². The smallest absolute Gasteiger partial charge is 0.149 e. The third-order valence-electron chi connectivity index (χ3n) is 5.24. The maximum Gasteiger partial charge on any atom is 0.149 e. The molecule has 3 aromatic heterocycles. The summed E-state index contributed by atoms with van der Waals surface area (Å²) in [6.07, 6.45) is 7.66. The Labute approximate surface area is 153 Å². The summed E-state index contributed by atoms with van der Waals surface area (Å²) in [5.41, 5.74) is 5.39. The van der Waals surface area contributed by atoms with E-state index >= 15 is 0 Å². The second-order valence-electron chi connectivity index (χ2n) is 7.39. The first-order valence-electron chi connectivity index (χ1n) is 9.41. The number of aryl methyl sites for hydroxylation is 1. The van der Waals surface area contributed by atoms with Crippen LogP contribution in [0.1, 0.15) is 62.8 Å². The van der Waals surface area contributed by atoms with Gasteiger partial charge in [-0.1, -0.05) is 27.2 Å². The fraction of sp³-hybridized carbons (Fsp3) is 0.550. The van der Waals surface area contributed by atoms with Crippen molar-refractivity contribution >= 4 is 37.6 Å². The highest BCUT2D eigenvalue weighted by atomic mass is 32.1. The summed E-state index contributed by atoms with van der Waals surface area (Å²) in [5.74, 6) is 1.53. The van der Waals surface area contributed by atoms with Crippen LogP contribution in [0.2, 0.25) is 0 Å². The first-order chi connectivity index (χ1) is 12.1. The normalized spacial score (nSPS) is 14.0. The minimum Gasteiger partial charge on any atom is -0.358 e. The largest absolute Gasteiger partial charge is 0.358 e. The molecule has 0 aliphatic heterocycles. The molecule has 3 aromatic rings. The van der Waals surface area contributed by atoms with Crippen LogP contribution < -0.4 is 4.90 Å². The highest BCUT2D eigenvalue weighted by Gasteiger charge is 2.25. The Morgan fingerprint density at radius 3 is 2.76 bits per heavy atom. The fourth-order valence-electron chi connectivity index (χ4n) is 3.97. The number of nitrogens with zero attached hydrogens (tertiary/aromatic N) is 4. The van der Waals surface area contributed by atoms with Crippen LogP contribution in [0.4, 0.5) is 5.82 Å². The molecule has 3 heterocycles. The van der Waals surface area contributed by atoms with Gasteiger partial charge in [-0.15, -0.1) is 11.3 Å². The molecule has 5 heteroatoms. The average Bonchev–Trinajstić information content (AvgIpc) is 3.21. The van der Waals surface area contributed by atoms with Gasteiger partial charge in [0.2, 0.25) is 0 Å². The summed E-state index contributed by atoms with van der Waals surface area (Å²) in [4.78, 5) is 17.8. The molecular formula is C20H26N4S. The van der Waals surface area contributed by atoms with Gasteiger partial charge in [0.15, 0.2) is 0 Å². The lowest BCUT2D eigenvalue weighted by Crippen LogP contribution is -2.19. The van der Waals surface area contributed by atoms with Gasteiger partial charge in [0, 0.05) is 24.7 Å². The van der Waals surface area contributed by atoms with Gasteiger partial charge in [-0.3, -0.25) is 0 Å². The molecule has 0 aromatic carbocycles. The number of anilines is 1. The Bertz CT molecular complexity index is 928. The molecule has 25 heavy (non-hydrogen) atoms. The van der Waals surface area contributed by atoms with Gasteiger partial charge in [-0.05, 0) is 42.7 Å². The zero-order chi connectivity index (χ0) is 17.6. The summed E-state index contributed by atoms with van der Waals surface area (Å²) in [5, 5.41) is 1.30. The Balaban J connectivity index is 1.96. The van der Waals surface area contributed by atoms with E-state index in [9.17, 15) is 0 Å². The van der Waals surface area contributed by atoms with Crippen LogP contribution in [0.5, 0.6) is 0 Å². The number of hydrogen-bond acceptors (Lipinski definition) is 5. The lowest BCUT2D eigenvalue weighted by Gasteiger charge is -2.17. The van der Waals surface area contributed by atoms with Crippen molar-refractivity contribution in [1.29, 1.82) is 0 Å². The lowest BCUT2D eigenvalue weighted by atomic mass is 9.99. The predicted octanol–water partition coefficient (Wildman–Crippen LogP) is 5.09. The molecule has 0 spiro atoms. The van der Waals surface area contributed by atoms with Crippen LogP contribution >= 0.6 is 11.3 Å². The standard InChI is InChI=1S/C20H26N4S/c1-5-6-10-24(4)19-18-17(21-11-22-19)15-13-8-7-9-14(13)16(12(2)3)23-20(15)25-18/h11-12H,5-10H2,1-4H3. The molecule has 0 saturated carbocycles. The van der Waals surface area contributed by atoms with Gasteiger partial charge < -0.3 is 4.90 Å². The maximum atomic E-state index is 5.08. The number of pyridine rings is 1. The van der Waals surface area contributed by atoms with Crippen LogP contribution in [0, 0.1) is 0 Å². The molecule has 4 nitrogen and oxygen atoms in total.